The standard InChI is InChI=1S/C14H19F2NO4/c1-4-17(8-9(2)18)13(19)10-5-6-11(21-14(15)16)12(7-10)20-3/h5-7,9,14,18H,4,8H2,1-3H3/t9-/m1/s1. The SMILES string of the molecule is CCN(C[C@@H](C)O)C(=O)c1ccc(OC(F)F)c(OC)c1. The summed E-state index contributed by atoms with van der Waals surface area (Å²) in [7, 11) is 1.30. The van der Waals surface area contributed by atoms with Crippen LogP contribution in [0.3, 0.4) is 0 Å². The van der Waals surface area contributed by atoms with Crippen molar-refractivity contribution in [1.29, 1.82) is 0 Å². The van der Waals surface area contributed by atoms with Crippen molar-refractivity contribution < 1.29 is 28.2 Å². The van der Waals surface area contributed by atoms with Gasteiger partial charge in [-0.3, -0.25) is 4.79 Å². The van der Waals surface area contributed by atoms with Crippen LogP contribution in [0, 0.1) is 0 Å². The van der Waals surface area contributed by atoms with E-state index in [4.69, 9.17) is 4.74 Å². The van der Waals surface area contributed by atoms with Crippen molar-refractivity contribution in [2.45, 2.75) is 26.6 Å². The fourth-order valence-corrected chi connectivity index (χ4v) is 1.85. The number of amides is 1. The van der Waals surface area contributed by atoms with Crippen molar-refractivity contribution >= 4 is 5.91 Å². The molecule has 0 unspecified atom stereocenters. The Morgan fingerprint density at radius 3 is 2.52 bits per heavy atom. The molecule has 1 amide bonds. The van der Waals surface area contributed by atoms with E-state index in [2.05, 4.69) is 4.74 Å². The largest absolute Gasteiger partial charge is 0.493 e. The van der Waals surface area contributed by atoms with Crippen LogP contribution in [0.4, 0.5) is 8.78 Å². The molecule has 0 aromatic heterocycles. The summed E-state index contributed by atoms with van der Waals surface area (Å²) in [4.78, 5) is 13.7. The van der Waals surface area contributed by atoms with Crippen LogP contribution in [0.15, 0.2) is 18.2 Å². The molecule has 1 N–H and O–H groups in total. The number of carbonyl (C=O) groups is 1. The van der Waals surface area contributed by atoms with Gasteiger partial charge in [0.05, 0.1) is 13.2 Å². The summed E-state index contributed by atoms with van der Waals surface area (Å²) in [5, 5.41) is 9.37. The maximum atomic E-state index is 12.3. The van der Waals surface area contributed by atoms with Crippen LogP contribution in [-0.4, -0.2) is 48.8 Å². The van der Waals surface area contributed by atoms with Crippen LogP contribution in [0.25, 0.3) is 0 Å². The van der Waals surface area contributed by atoms with E-state index in [-0.39, 0.29) is 29.5 Å². The van der Waals surface area contributed by atoms with Gasteiger partial charge < -0.3 is 19.5 Å². The van der Waals surface area contributed by atoms with Crippen molar-refractivity contribution in [3.63, 3.8) is 0 Å². The maximum absolute atomic E-state index is 12.3. The molecule has 0 bridgehead atoms. The van der Waals surface area contributed by atoms with Gasteiger partial charge in [0.15, 0.2) is 11.5 Å². The van der Waals surface area contributed by atoms with Crippen molar-refractivity contribution in [3.05, 3.63) is 23.8 Å². The average molecular weight is 303 g/mol. The van der Waals surface area contributed by atoms with Gasteiger partial charge in [-0.05, 0) is 32.0 Å². The molecule has 7 heteroatoms. The van der Waals surface area contributed by atoms with E-state index in [1.165, 1.54) is 30.2 Å². The molecule has 0 saturated carbocycles. The number of halogens is 2. The van der Waals surface area contributed by atoms with Crippen molar-refractivity contribution in [2.75, 3.05) is 20.2 Å². The Morgan fingerprint density at radius 1 is 1.38 bits per heavy atom. The first-order chi connectivity index (χ1) is 9.88. The van der Waals surface area contributed by atoms with E-state index in [1.807, 2.05) is 0 Å². The fourth-order valence-electron chi connectivity index (χ4n) is 1.85. The molecule has 1 aromatic rings. The van der Waals surface area contributed by atoms with E-state index >= 15 is 0 Å². The summed E-state index contributed by atoms with van der Waals surface area (Å²) in [5.74, 6) is -0.405. The van der Waals surface area contributed by atoms with Gasteiger partial charge in [-0.15, -0.1) is 0 Å². The molecule has 1 rings (SSSR count). The third-order valence-corrected chi connectivity index (χ3v) is 2.78. The second kappa shape index (κ2) is 7.78. The lowest BCUT2D eigenvalue weighted by Crippen LogP contribution is -2.36. The van der Waals surface area contributed by atoms with Crippen LogP contribution in [0.5, 0.6) is 11.5 Å². The number of carbonyl (C=O) groups excluding carboxylic acids is 1. The molecule has 0 aliphatic rings. The monoisotopic (exact) mass is 303 g/mol. The molecule has 0 aliphatic carbocycles. The Labute approximate surface area is 122 Å². The van der Waals surface area contributed by atoms with Crippen LogP contribution < -0.4 is 9.47 Å². The predicted octanol–water partition coefficient (Wildman–Crippen LogP) is 2.14. The van der Waals surface area contributed by atoms with E-state index in [1.54, 1.807) is 13.8 Å². The summed E-state index contributed by atoms with van der Waals surface area (Å²) < 4.78 is 33.7. The highest BCUT2D eigenvalue weighted by molar-refractivity contribution is 5.95. The number of aliphatic hydroxyl groups is 1. The van der Waals surface area contributed by atoms with Gasteiger partial charge in [0.2, 0.25) is 0 Å². The van der Waals surface area contributed by atoms with Gasteiger partial charge in [-0.1, -0.05) is 0 Å². The third kappa shape index (κ3) is 4.86. The molecule has 21 heavy (non-hydrogen) atoms. The minimum atomic E-state index is -2.97. The summed E-state index contributed by atoms with van der Waals surface area (Å²) in [6.45, 7) is 0.999. The Balaban J connectivity index is 2.99. The zero-order chi connectivity index (χ0) is 16.0. The van der Waals surface area contributed by atoms with Gasteiger partial charge >= 0.3 is 6.61 Å². The zero-order valence-electron chi connectivity index (χ0n) is 12.2. The smallest absolute Gasteiger partial charge is 0.387 e. The van der Waals surface area contributed by atoms with E-state index < -0.39 is 12.7 Å². The number of rotatable bonds is 7. The Morgan fingerprint density at radius 2 is 2.05 bits per heavy atom. The topological polar surface area (TPSA) is 59.0 Å². The lowest BCUT2D eigenvalue weighted by atomic mass is 10.1. The molecule has 0 saturated heterocycles. The van der Waals surface area contributed by atoms with Gasteiger partial charge in [0.25, 0.3) is 5.91 Å². The number of hydrogen-bond donors (Lipinski definition) is 1. The molecule has 0 spiro atoms. The molecule has 1 atom stereocenters. The van der Waals surface area contributed by atoms with E-state index in [0.29, 0.717) is 6.54 Å². The third-order valence-electron chi connectivity index (χ3n) is 2.78. The molecular weight excluding hydrogens is 284 g/mol. The number of likely N-dealkylation sites (N-methyl/N-ethyl adjacent to an activating group) is 1. The highest BCUT2D eigenvalue weighted by Gasteiger charge is 2.19. The lowest BCUT2D eigenvalue weighted by molar-refractivity contribution is -0.0512. The predicted molar refractivity (Wildman–Crippen MR) is 72.9 cm³/mol. The number of alkyl halides is 2. The average Bonchev–Trinajstić information content (AvgIpc) is 2.43. The first kappa shape index (κ1) is 17.2. The fraction of sp³-hybridized carbons (Fsp3) is 0.500. The number of nitrogens with zero attached hydrogens (tertiary/aromatic N) is 1. The van der Waals surface area contributed by atoms with Crippen molar-refractivity contribution in [2.24, 2.45) is 0 Å². The quantitative estimate of drug-likeness (QED) is 0.838. The first-order valence-corrected chi connectivity index (χ1v) is 6.49. The van der Waals surface area contributed by atoms with Gasteiger partial charge in [-0.25, -0.2) is 0 Å². The lowest BCUT2D eigenvalue weighted by Gasteiger charge is -2.22. The summed E-state index contributed by atoms with van der Waals surface area (Å²) in [6, 6.07) is 3.98. The van der Waals surface area contributed by atoms with Gasteiger partial charge in [0.1, 0.15) is 0 Å². The van der Waals surface area contributed by atoms with Crippen molar-refractivity contribution in [1.82, 2.24) is 4.90 Å². The molecule has 0 radical (unpaired) electrons. The molecular formula is C14H19F2NO4. The van der Waals surface area contributed by atoms with Gasteiger partial charge in [-0.2, -0.15) is 8.78 Å². The normalized spacial score (nSPS) is 12.1. The second-order valence-corrected chi connectivity index (χ2v) is 4.44. The minimum Gasteiger partial charge on any atom is -0.493 e. The number of benzene rings is 1. The van der Waals surface area contributed by atoms with Crippen LogP contribution >= 0.6 is 0 Å². The number of aliphatic hydroxyl groups excluding tert-OH is 1. The minimum absolute atomic E-state index is 0.0502. The summed E-state index contributed by atoms with van der Waals surface area (Å²) in [5.41, 5.74) is 0.274. The summed E-state index contributed by atoms with van der Waals surface area (Å²) in [6.07, 6.45) is -0.655. The van der Waals surface area contributed by atoms with E-state index in [0.717, 1.165) is 0 Å². The number of hydrogen-bond acceptors (Lipinski definition) is 4. The Bertz CT molecular complexity index is 480. The summed E-state index contributed by atoms with van der Waals surface area (Å²) >= 11 is 0. The first-order valence-electron chi connectivity index (χ1n) is 6.49. The zero-order valence-corrected chi connectivity index (χ0v) is 12.2. The highest BCUT2D eigenvalue weighted by Crippen LogP contribution is 2.29. The maximum Gasteiger partial charge on any atom is 0.387 e. The number of ether oxygens (including phenoxy) is 2. The molecule has 0 fully saturated rings. The Hall–Kier alpha value is -1.89. The van der Waals surface area contributed by atoms with Crippen LogP contribution in [0.1, 0.15) is 24.2 Å². The number of methoxy groups -OCH3 is 1. The molecule has 1 aromatic carbocycles. The van der Waals surface area contributed by atoms with Gasteiger partial charge in [0, 0.05) is 18.7 Å². The second-order valence-electron chi connectivity index (χ2n) is 4.44. The molecule has 0 aliphatic heterocycles. The van der Waals surface area contributed by atoms with Crippen molar-refractivity contribution in [3.8, 4) is 11.5 Å². The molecule has 118 valence electrons. The van der Waals surface area contributed by atoms with Crippen LogP contribution in [0.2, 0.25) is 0 Å². The molecule has 5 nitrogen and oxygen atoms in total. The van der Waals surface area contributed by atoms with Crippen LogP contribution in [-0.2, 0) is 0 Å². The van der Waals surface area contributed by atoms with E-state index in [9.17, 15) is 18.7 Å². The highest BCUT2D eigenvalue weighted by atomic mass is 19.3. The molecule has 0 heterocycles. The Kier molecular flexibility index (Phi) is 6.36.